The summed E-state index contributed by atoms with van der Waals surface area (Å²) in [6, 6.07) is 26.0. The van der Waals surface area contributed by atoms with E-state index in [1.165, 1.54) is 70.9 Å². The minimum Gasteiger partial charge on any atom is -0.497 e. The molecule has 4 nitrogen and oxygen atoms in total. The van der Waals surface area contributed by atoms with Crippen LogP contribution in [0.5, 0.6) is 17.2 Å². The van der Waals surface area contributed by atoms with E-state index in [0.717, 1.165) is 43.2 Å². The predicted octanol–water partition coefficient (Wildman–Crippen LogP) is 7.54. The van der Waals surface area contributed by atoms with E-state index in [-0.39, 0.29) is 0 Å². The Kier molecular flexibility index (Phi) is 8.50. The van der Waals surface area contributed by atoms with Crippen LogP contribution < -0.4 is 14.2 Å². The van der Waals surface area contributed by atoms with Gasteiger partial charge in [0, 0.05) is 6.54 Å². The highest BCUT2D eigenvalue weighted by Crippen LogP contribution is 2.36. The van der Waals surface area contributed by atoms with Crippen molar-refractivity contribution in [1.29, 1.82) is 0 Å². The summed E-state index contributed by atoms with van der Waals surface area (Å²) in [5.41, 5.74) is 6.27. The van der Waals surface area contributed by atoms with E-state index in [9.17, 15) is 0 Å². The van der Waals surface area contributed by atoms with Crippen LogP contribution in [0.2, 0.25) is 0 Å². The zero-order valence-corrected chi connectivity index (χ0v) is 23.0. The first-order valence-corrected chi connectivity index (χ1v) is 13.9. The minimum atomic E-state index is 0.742. The maximum atomic E-state index is 6.08. The Morgan fingerprint density at radius 3 is 2.29 bits per heavy atom. The van der Waals surface area contributed by atoms with Crippen molar-refractivity contribution in [2.75, 3.05) is 40.5 Å². The van der Waals surface area contributed by atoms with Gasteiger partial charge in [-0.05, 0) is 114 Å². The van der Waals surface area contributed by atoms with Crippen LogP contribution in [0.4, 0.5) is 0 Å². The molecule has 38 heavy (non-hydrogen) atoms. The molecule has 1 aliphatic rings. The van der Waals surface area contributed by atoms with Crippen LogP contribution >= 0.6 is 0 Å². The molecule has 0 radical (unpaired) electrons. The summed E-state index contributed by atoms with van der Waals surface area (Å²) in [6.07, 6.45) is 5.75. The van der Waals surface area contributed by atoms with Gasteiger partial charge < -0.3 is 14.2 Å². The molecular formula is C34H39NO3. The molecule has 1 heterocycles. The Labute approximate surface area is 227 Å². The van der Waals surface area contributed by atoms with E-state index in [0.29, 0.717) is 0 Å². The van der Waals surface area contributed by atoms with E-state index in [2.05, 4.69) is 84.6 Å². The summed E-state index contributed by atoms with van der Waals surface area (Å²) in [7, 11) is 3.46. The normalized spacial score (nSPS) is 14.0. The largest absolute Gasteiger partial charge is 0.497 e. The number of aryl methyl sites for hydroxylation is 1. The SMILES string of the molecule is CCc1cc(-c2ccc3cc(OC)ccc3c2Cc2ccc(OCCN3CCCCC3)cc2)ccc1OC. The first-order chi connectivity index (χ1) is 18.7. The molecular weight excluding hydrogens is 470 g/mol. The van der Waals surface area contributed by atoms with E-state index in [4.69, 9.17) is 14.2 Å². The smallest absolute Gasteiger partial charge is 0.122 e. The number of likely N-dealkylation sites (tertiary alicyclic amines) is 1. The van der Waals surface area contributed by atoms with Crippen molar-refractivity contribution < 1.29 is 14.2 Å². The van der Waals surface area contributed by atoms with Gasteiger partial charge in [-0.25, -0.2) is 0 Å². The van der Waals surface area contributed by atoms with Crippen molar-refractivity contribution in [3.05, 3.63) is 89.5 Å². The van der Waals surface area contributed by atoms with Crippen LogP contribution in [0.1, 0.15) is 42.9 Å². The number of benzene rings is 4. The van der Waals surface area contributed by atoms with Gasteiger partial charge in [-0.15, -0.1) is 0 Å². The number of methoxy groups -OCH3 is 2. The molecule has 0 unspecified atom stereocenters. The molecule has 4 aromatic carbocycles. The summed E-state index contributed by atoms with van der Waals surface area (Å²) < 4.78 is 17.2. The Bertz CT molecular complexity index is 1360. The fourth-order valence-electron chi connectivity index (χ4n) is 5.57. The van der Waals surface area contributed by atoms with E-state index < -0.39 is 0 Å². The van der Waals surface area contributed by atoms with Crippen LogP contribution in [-0.2, 0) is 12.8 Å². The average Bonchev–Trinajstić information content (AvgIpc) is 2.98. The molecule has 4 heteroatoms. The quantitative estimate of drug-likeness (QED) is 0.221. The van der Waals surface area contributed by atoms with Gasteiger partial charge in [0.25, 0.3) is 0 Å². The molecule has 0 amide bonds. The van der Waals surface area contributed by atoms with E-state index >= 15 is 0 Å². The van der Waals surface area contributed by atoms with Gasteiger partial charge in [-0.1, -0.05) is 49.7 Å². The lowest BCUT2D eigenvalue weighted by Crippen LogP contribution is -2.33. The highest BCUT2D eigenvalue weighted by Gasteiger charge is 2.14. The third kappa shape index (κ3) is 5.97. The minimum absolute atomic E-state index is 0.742. The van der Waals surface area contributed by atoms with Gasteiger partial charge in [-0.2, -0.15) is 0 Å². The Hall–Kier alpha value is -3.50. The van der Waals surface area contributed by atoms with Crippen LogP contribution in [-0.4, -0.2) is 45.4 Å². The lowest BCUT2D eigenvalue weighted by atomic mass is 9.89. The molecule has 5 rings (SSSR count). The highest BCUT2D eigenvalue weighted by atomic mass is 16.5. The fourth-order valence-corrected chi connectivity index (χ4v) is 5.57. The summed E-state index contributed by atoms with van der Waals surface area (Å²) in [4.78, 5) is 2.51. The van der Waals surface area contributed by atoms with Crippen LogP contribution in [0.25, 0.3) is 21.9 Å². The number of nitrogens with zero attached hydrogens (tertiary/aromatic N) is 1. The lowest BCUT2D eigenvalue weighted by molar-refractivity contribution is 0.183. The van der Waals surface area contributed by atoms with Gasteiger partial charge in [0.1, 0.15) is 23.9 Å². The Morgan fingerprint density at radius 2 is 1.55 bits per heavy atom. The lowest BCUT2D eigenvalue weighted by Gasteiger charge is -2.26. The predicted molar refractivity (Wildman–Crippen MR) is 157 cm³/mol. The Balaban J connectivity index is 1.41. The zero-order chi connectivity index (χ0) is 26.3. The number of hydrogen-bond donors (Lipinski definition) is 0. The highest BCUT2D eigenvalue weighted by molar-refractivity contribution is 5.93. The number of hydrogen-bond acceptors (Lipinski definition) is 4. The topological polar surface area (TPSA) is 30.9 Å². The van der Waals surface area contributed by atoms with Crippen molar-refractivity contribution >= 4 is 10.8 Å². The third-order valence-electron chi connectivity index (χ3n) is 7.74. The number of ether oxygens (including phenoxy) is 3. The van der Waals surface area contributed by atoms with Crippen molar-refractivity contribution in [2.45, 2.75) is 39.0 Å². The standard InChI is InChI=1S/C34H39NO3/c1-4-26-23-27(11-17-34(26)37-3)31-15-10-28-24-30(36-2)14-16-32(28)33(31)22-25-8-12-29(13-9-25)38-21-20-35-18-6-5-7-19-35/h8-17,23-24H,4-7,18-22H2,1-3H3. The summed E-state index contributed by atoms with van der Waals surface area (Å²) in [5.74, 6) is 2.76. The van der Waals surface area contributed by atoms with Crippen molar-refractivity contribution in [2.24, 2.45) is 0 Å². The van der Waals surface area contributed by atoms with Crippen LogP contribution in [0.15, 0.2) is 72.8 Å². The van der Waals surface area contributed by atoms with Crippen LogP contribution in [0, 0.1) is 0 Å². The molecule has 0 N–H and O–H groups in total. The summed E-state index contributed by atoms with van der Waals surface area (Å²) >= 11 is 0. The van der Waals surface area contributed by atoms with Gasteiger partial charge in [0.15, 0.2) is 0 Å². The summed E-state index contributed by atoms with van der Waals surface area (Å²) in [6.45, 7) is 6.33. The van der Waals surface area contributed by atoms with Gasteiger partial charge >= 0.3 is 0 Å². The molecule has 0 saturated carbocycles. The molecule has 1 saturated heterocycles. The first-order valence-electron chi connectivity index (χ1n) is 13.9. The maximum Gasteiger partial charge on any atom is 0.122 e. The second-order valence-corrected chi connectivity index (χ2v) is 10.1. The molecule has 0 atom stereocenters. The van der Waals surface area contributed by atoms with E-state index in [1.807, 2.05) is 0 Å². The molecule has 198 valence electrons. The van der Waals surface area contributed by atoms with Crippen molar-refractivity contribution in [3.63, 3.8) is 0 Å². The fraction of sp³-hybridized carbons (Fsp3) is 0.353. The van der Waals surface area contributed by atoms with Gasteiger partial charge in [0.2, 0.25) is 0 Å². The van der Waals surface area contributed by atoms with E-state index in [1.54, 1.807) is 14.2 Å². The summed E-state index contributed by atoms with van der Waals surface area (Å²) in [5, 5.41) is 2.43. The molecule has 0 bridgehead atoms. The molecule has 4 aromatic rings. The second-order valence-electron chi connectivity index (χ2n) is 10.1. The second kappa shape index (κ2) is 12.4. The number of fused-ring (bicyclic) bond motifs is 1. The number of rotatable bonds is 10. The monoisotopic (exact) mass is 509 g/mol. The average molecular weight is 510 g/mol. The number of piperidine rings is 1. The molecule has 0 spiro atoms. The first kappa shape index (κ1) is 26.1. The molecule has 0 aromatic heterocycles. The molecule has 0 aliphatic carbocycles. The van der Waals surface area contributed by atoms with Crippen molar-refractivity contribution in [1.82, 2.24) is 4.90 Å². The molecule has 1 aliphatic heterocycles. The maximum absolute atomic E-state index is 6.08. The van der Waals surface area contributed by atoms with Crippen molar-refractivity contribution in [3.8, 4) is 28.4 Å². The van der Waals surface area contributed by atoms with Crippen LogP contribution in [0.3, 0.4) is 0 Å². The zero-order valence-electron chi connectivity index (χ0n) is 23.0. The Morgan fingerprint density at radius 1 is 0.763 bits per heavy atom. The van der Waals surface area contributed by atoms with Gasteiger partial charge in [0.05, 0.1) is 14.2 Å². The third-order valence-corrected chi connectivity index (χ3v) is 7.74. The molecule has 1 fully saturated rings. The van der Waals surface area contributed by atoms with Gasteiger partial charge in [-0.3, -0.25) is 4.90 Å².